The van der Waals surface area contributed by atoms with Crippen LogP contribution in [0.25, 0.3) is 21.9 Å². The molecule has 0 aliphatic heterocycles. The van der Waals surface area contributed by atoms with E-state index in [-0.39, 0.29) is 11.9 Å². The Hall–Kier alpha value is -5.20. The number of fused-ring (bicyclic) bond motifs is 3. The number of unbranched alkanes of at least 4 members (excludes halogenated alkanes) is 2. The average molecular weight is 673 g/mol. The van der Waals surface area contributed by atoms with Gasteiger partial charge in [-0.2, -0.15) is 0 Å². The minimum atomic E-state index is -0.800. The quantitative estimate of drug-likeness (QED) is 0.0812. The molecule has 49 heavy (non-hydrogen) atoms. The normalized spacial score (nSPS) is 11.7. The van der Waals surface area contributed by atoms with Crippen LogP contribution >= 0.6 is 0 Å². The van der Waals surface area contributed by atoms with Crippen molar-refractivity contribution >= 4 is 57.5 Å². The molecule has 0 radical (unpaired) electrons. The van der Waals surface area contributed by atoms with Crippen molar-refractivity contribution in [2.75, 3.05) is 12.3 Å². The minimum absolute atomic E-state index is 0.184. The molecule has 4 rings (SSSR count). The second kappa shape index (κ2) is 15.8. The highest BCUT2D eigenvalue weighted by atomic mass is 16.6. The number of para-hydroxylation sites is 1. The first-order valence-electron chi connectivity index (χ1n) is 16.6. The molecule has 0 unspecified atom stereocenters. The van der Waals surface area contributed by atoms with Crippen LogP contribution in [0.1, 0.15) is 90.3 Å². The molecular formula is C36H48N8O5. The SMILES string of the molecule is CCCCc1nc2c(N)nc3ccccc3c2n1CCCCNC(=O)c1ccc(N=C(NC(=O)OC(C)(C)C)NC(=O)OC(C)(C)C)cc1. The number of pyridine rings is 1. The summed E-state index contributed by atoms with van der Waals surface area (Å²) in [6, 6.07) is 14.4. The Bertz CT molecular complexity index is 1790. The number of alkyl carbamates (subject to hydrolysis) is 2. The van der Waals surface area contributed by atoms with Crippen molar-refractivity contribution in [2.24, 2.45) is 4.99 Å². The maximum absolute atomic E-state index is 12.9. The molecule has 0 aliphatic carbocycles. The lowest BCUT2D eigenvalue weighted by Gasteiger charge is -2.22. The molecule has 0 aliphatic rings. The monoisotopic (exact) mass is 672 g/mol. The zero-order chi connectivity index (χ0) is 35.8. The molecule has 0 saturated heterocycles. The van der Waals surface area contributed by atoms with Crippen molar-refractivity contribution in [1.29, 1.82) is 0 Å². The zero-order valence-corrected chi connectivity index (χ0v) is 29.5. The number of hydrogen-bond acceptors (Lipinski definition) is 9. The van der Waals surface area contributed by atoms with Gasteiger partial charge < -0.3 is 25.1 Å². The van der Waals surface area contributed by atoms with Crippen LogP contribution in [0.2, 0.25) is 0 Å². The second-order valence-corrected chi connectivity index (χ2v) is 13.7. The van der Waals surface area contributed by atoms with Crippen LogP contribution in [-0.2, 0) is 22.4 Å². The van der Waals surface area contributed by atoms with E-state index in [1.165, 1.54) is 0 Å². The third-order valence-electron chi connectivity index (χ3n) is 7.15. The van der Waals surface area contributed by atoms with Crippen LogP contribution < -0.4 is 21.7 Å². The van der Waals surface area contributed by atoms with Gasteiger partial charge in [-0.25, -0.2) is 24.5 Å². The number of hydrogen-bond donors (Lipinski definition) is 4. The van der Waals surface area contributed by atoms with Crippen LogP contribution in [0.5, 0.6) is 0 Å². The highest BCUT2D eigenvalue weighted by Crippen LogP contribution is 2.29. The minimum Gasteiger partial charge on any atom is -0.444 e. The first kappa shape index (κ1) is 36.6. The number of carbonyl (C=O) groups excluding carboxylic acids is 3. The molecule has 2 aromatic heterocycles. The number of amides is 3. The molecule has 0 spiro atoms. The molecule has 262 valence electrons. The van der Waals surface area contributed by atoms with E-state index < -0.39 is 23.4 Å². The van der Waals surface area contributed by atoms with E-state index in [0.717, 1.165) is 66.4 Å². The van der Waals surface area contributed by atoms with Gasteiger partial charge in [0.2, 0.25) is 5.96 Å². The number of aryl methyl sites for hydroxylation is 2. The fraction of sp³-hybridized carbons (Fsp3) is 0.444. The summed E-state index contributed by atoms with van der Waals surface area (Å²) in [5, 5.41) is 8.89. The smallest absolute Gasteiger partial charge is 0.414 e. The summed E-state index contributed by atoms with van der Waals surface area (Å²) in [5.41, 5.74) is 8.21. The number of aromatic nitrogens is 3. The van der Waals surface area contributed by atoms with E-state index >= 15 is 0 Å². The Balaban J connectivity index is 1.38. The first-order valence-corrected chi connectivity index (χ1v) is 16.6. The Kier molecular flexibility index (Phi) is 11.8. The van der Waals surface area contributed by atoms with Crippen LogP contribution in [0.3, 0.4) is 0 Å². The molecule has 0 atom stereocenters. The van der Waals surface area contributed by atoms with E-state index in [0.29, 0.717) is 23.6 Å². The molecule has 4 aromatic rings. The largest absolute Gasteiger partial charge is 0.444 e. The fourth-order valence-electron chi connectivity index (χ4n) is 5.07. The maximum Gasteiger partial charge on any atom is 0.414 e. The van der Waals surface area contributed by atoms with Crippen molar-refractivity contribution in [3.8, 4) is 0 Å². The number of rotatable bonds is 10. The van der Waals surface area contributed by atoms with Crippen molar-refractivity contribution < 1.29 is 23.9 Å². The predicted molar refractivity (Wildman–Crippen MR) is 192 cm³/mol. The van der Waals surface area contributed by atoms with E-state index in [2.05, 4.69) is 43.5 Å². The molecule has 3 amide bonds. The van der Waals surface area contributed by atoms with Crippen molar-refractivity contribution in [3.05, 3.63) is 59.9 Å². The molecule has 2 aromatic carbocycles. The van der Waals surface area contributed by atoms with Crippen LogP contribution in [0.4, 0.5) is 21.1 Å². The average Bonchev–Trinajstić information content (AvgIpc) is 3.37. The molecule has 0 saturated carbocycles. The summed E-state index contributed by atoms with van der Waals surface area (Å²) in [6.45, 7) is 13.7. The second-order valence-electron chi connectivity index (χ2n) is 13.7. The maximum atomic E-state index is 12.9. The van der Waals surface area contributed by atoms with Gasteiger partial charge in [0.1, 0.15) is 22.5 Å². The Morgan fingerprint density at radius 2 is 1.49 bits per heavy atom. The number of nitrogens with one attached hydrogen (secondary N) is 3. The third-order valence-corrected chi connectivity index (χ3v) is 7.15. The standard InChI is InChI=1S/C36H48N8O5/c1-8-9-16-27-41-28-29(25-14-10-11-15-26(25)40-30(28)37)44(27)22-13-12-21-38-31(45)23-17-19-24(20-18-23)39-32(42-33(46)48-35(2,3)4)43-34(47)49-36(5,6)7/h10-11,14-15,17-20H,8-9,12-13,16,21-22H2,1-7H3,(H2,37,40)(H,38,45)(H2,39,42,43,46,47). The van der Waals surface area contributed by atoms with Crippen LogP contribution in [0.15, 0.2) is 53.5 Å². The van der Waals surface area contributed by atoms with Crippen LogP contribution in [-0.4, -0.2) is 56.3 Å². The van der Waals surface area contributed by atoms with Gasteiger partial charge in [-0.3, -0.25) is 15.4 Å². The number of nitrogen functional groups attached to an aromatic ring is 1. The van der Waals surface area contributed by atoms with Gasteiger partial charge in [0.25, 0.3) is 5.91 Å². The number of nitrogens with zero attached hydrogens (tertiary/aromatic N) is 4. The number of benzene rings is 2. The van der Waals surface area contributed by atoms with Crippen molar-refractivity contribution in [3.63, 3.8) is 0 Å². The van der Waals surface area contributed by atoms with E-state index in [1.54, 1.807) is 65.8 Å². The highest BCUT2D eigenvalue weighted by molar-refractivity contribution is 6.06. The number of nitrogens with two attached hydrogens (primary N) is 1. The molecule has 13 heteroatoms. The fourth-order valence-corrected chi connectivity index (χ4v) is 5.07. The van der Waals surface area contributed by atoms with E-state index in [9.17, 15) is 14.4 Å². The van der Waals surface area contributed by atoms with Gasteiger partial charge in [-0.15, -0.1) is 0 Å². The molecular weight excluding hydrogens is 624 g/mol. The lowest BCUT2D eigenvalue weighted by atomic mass is 10.1. The molecule has 0 bridgehead atoms. The summed E-state index contributed by atoms with van der Waals surface area (Å²) >= 11 is 0. The summed E-state index contributed by atoms with van der Waals surface area (Å²) in [5.74, 6) is 1.02. The summed E-state index contributed by atoms with van der Waals surface area (Å²) in [6.07, 6.45) is 2.92. The van der Waals surface area contributed by atoms with Crippen molar-refractivity contribution in [1.82, 2.24) is 30.5 Å². The highest BCUT2D eigenvalue weighted by Gasteiger charge is 2.22. The van der Waals surface area contributed by atoms with Gasteiger partial charge >= 0.3 is 12.2 Å². The molecule has 13 nitrogen and oxygen atoms in total. The Morgan fingerprint density at radius 1 is 0.857 bits per heavy atom. The number of anilines is 1. The predicted octanol–water partition coefficient (Wildman–Crippen LogP) is 6.76. The van der Waals surface area contributed by atoms with E-state index in [1.807, 2.05) is 18.2 Å². The number of guanidine groups is 1. The third kappa shape index (κ3) is 10.6. The number of ether oxygens (including phenoxy) is 2. The zero-order valence-electron chi connectivity index (χ0n) is 29.5. The molecule has 2 heterocycles. The van der Waals surface area contributed by atoms with Gasteiger partial charge in [0.05, 0.1) is 16.7 Å². The summed E-state index contributed by atoms with van der Waals surface area (Å²) < 4.78 is 12.8. The Labute approximate surface area is 287 Å². The lowest BCUT2D eigenvalue weighted by molar-refractivity contribution is 0.0545. The summed E-state index contributed by atoms with van der Waals surface area (Å²) in [4.78, 5) is 51.5. The molecule has 0 fully saturated rings. The lowest BCUT2D eigenvalue weighted by Crippen LogP contribution is -2.47. The number of aliphatic imine (C=N–C) groups is 1. The number of carbonyl (C=O) groups is 3. The van der Waals surface area contributed by atoms with Gasteiger partial charge in [0.15, 0.2) is 5.82 Å². The summed E-state index contributed by atoms with van der Waals surface area (Å²) in [7, 11) is 0. The van der Waals surface area contributed by atoms with Crippen molar-refractivity contribution in [2.45, 2.75) is 98.3 Å². The number of imidazole rings is 1. The van der Waals surface area contributed by atoms with Gasteiger partial charge in [-0.1, -0.05) is 31.5 Å². The van der Waals surface area contributed by atoms with Crippen LogP contribution in [0, 0.1) is 0 Å². The van der Waals surface area contributed by atoms with Gasteiger partial charge in [-0.05, 0) is 91.1 Å². The van der Waals surface area contributed by atoms with Gasteiger partial charge in [0, 0.05) is 30.5 Å². The molecule has 5 N–H and O–H groups in total. The first-order chi connectivity index (χ1) is 23.1. The Morgan fingerprint density at radius 3 is 2.10 bits per heavy atom. The van der Waals surface area contributed by atoms with E-state index in [4.69, 9.17) is 20.2 Å². The topological polar surface area (TPSA) is 175 Å².